The molecule has 1 aromatic rings. The van der Waals surface area contributed by atoms with Crippen LogP contribution in [0.5, 0.6) is 0 Å². The van der Waals surface area contributed by atoms with E-state index in [1.807, 2.05) is 0 Å². The zero-order valence-electron chi connectivity index (χ0n) is 16.8. The summed E-state index contributed by atoms with van der Waals surface area (Å²) >= 11 is 0. The molecule has 1 unspecified atom stereocenters. The lowest BCUT2D eigenvalue weighted by Gasteiger charge is -2.39. The van der Waals surface area contributed by atoms with Crippen LogP contribution in [0.4, 0.5) is 5.82 Å². The summed E-state index contributed by atoms with van der Waals surface area (Å²) in [6, 6.07) is 0.0926. The quantitative estimate of drug-likeness (QED) is 0.585. The average molecular weight is 357 g/mol. The Morgan fingerprint density at radius 3 is 2.54 bits per heavy atom. The third-order valence-electron chi connectivity index (χ3n) is 4.35. The average Bonchev–Trinajstić information content (AvgIpc) is 2.98. The molecule has 5 heteroatoms. The largest absolute Gasteiger partial charge is 0.477 e. The Hall–Kier alpha value is -2.48. The summed E-state index contributed by atoms with van der Waals surface area (Å²) in [5.74, 6) is 1.90. The third-order valence-corrected chi connectivity index (χ3v) is 4.35. The molecular formula is C21H31N3O2. The van der Waals surface area contributed by atoms with E-state index in [1.165, 1.54) is 17.3 Å². The molecule has 2 rings (SSSR count). The van der Waals surface area contributed by atoms with Gasteiger partial charge in [0, 0.05) is 0 Å². The Labute approximate surface area is 157 Å². The molecule has 1 atom stereocenters. The van der Waals surface area contributed by atoms with Crippen LogP contribution in [0.15, 0.2) is 29.5 Å². The van der Waals surface area contributed by atoms with Crippen molar-refractivity contribution < 1.29 is 9.90 Å². The Morgan fingerprint density at radius 2 is 2.04 bits per heavy atom. The maximum Gasteiger partial charge on any atom is 0.341 e. The Bertz CT molecular complexity index is 733. The van der Waals surface area contributed by atoms with Crippen molar-refractivity contribution in [2.45, 2.75) is 72.4 Å². The molecule has 0 amide bonds. The lowest BCUT2D eigenvalue weighted by atomic mass is 9.85. The molecule has 0 aromatic carbocycles. The number of terminal acetylenes is 1. The standard InChI is InChI=1S/C18H27N3O2.C3H4/c1-6-8-12(3)13(9-7-2)15-10-18(4,5)21-16(20-15)14(11-19-21)17(22)23;1-3-2/h8-9,11,15,20H,6-7,10H2,1-5H3,(H,22,23);1H,2H3/b12-8-,13-9+;. The maximum atomic E-state index is 11.5. The molecule has 2 N–H and O–H groups in total. The van der Waals surface area contributed by atoms with Crippen LogP contribution in [0.25, 0.3) is 0 Å². The van der Waals surface area contributed by atoms with Gasteiger partial charge in [-0.1, -0.05) is 31.6 Å². The van der Waals surface area contributed by atoms with E-state index in [4.69, 9.17) is 0 Å². The van der Waals surface area contributed by atoms with Gasteiger partial charge in [-0.2, -0.15) is 5.10 Å². The van der Waals surface area contributed by atoms with Crippen molar-refractivity contribution in [3.63, 3.8) is 0 Å². The molecule has 26 heavy (non-hydrogen) atoms. The predicted molar refractivity (Wildman–Crippen MR) is 107 cm³/mol. The smallest absolute Gasteiger partial charge is 0.341 e. The number of aromatic carboxylic acids is 1. The summed E-state index contributed by atoms with van der Waals surface area (Å²) in [6.07, 6.45) is 13.3. The number of carboxylic acids is 1. The number of hydrogen-bond acceptors (Lipinski definition) is 3. The first kappa shape index (κ1) is 21.6. The van der Waals surface area contributed by atoms with Gasteiger partial charge in [0.2, 0.25) is 0 Å². The van der Waals surface area contributed by atoms with Crippen LogP contribution < -0.4 is 5.32 Å². The van der Waals surface area contributed by atoms with Gasteiger partial charge in [-0.25, -0.2) is 9.48 Å². The van der Waals surface area contributed by atoms with Crippen molar-refractivity contribution >= 4 is 11.8 Å². The molecule has 0 radical (unpaired) electrons. The van der Waals surface area contributed by atoms with Crippen LogP contribution in [0.1, 0.15) is 71.2 Å². The van der Waals surface area contributed by atoms with Crippen molar-refractivity contribution in [2.24, 2.45) is 0 Å². The first-order chi connectivity index (χ1) is 12.2. The summed E-state index contributed by atoms with van der Waals surface area (Å²) in [5, 5.41) is 17.1. The van der Waals surface area contributed by atoms with Crippen molar-refractivity contribution in [3.8, 4) is 12.3 Å². The number of allylic oxidation sites excluding steroid dienone is 2. The monoisotopic (exact) mass is 357 g/mol. The van der Waals surface area contributed by atoms with Gasteiger partial charge in [-0.05, 0) is 52.5 Å². The molecule has 0 aliphatic carbocycles. The lowest BCUT2D eigenvalue weighted by molar-refractivity contribution is 0.0697. The SMILES string of the molecule is C#CC.CC/C=C(C)\C(=C/CC)C1CC(C)(C)n2ncc(C(=O)O)c2N1. The zero-order valence-corrected chi connectivity index (χ0v) is 16.8. The normalized spacial score (nSPS) is 18.7. The number of carbonyl (C=O) groups is 1. The Morgan fingerprint density at radius 1 is 1.46 bits per heavy atom. The van der Waals surface area contributed by atoms with E-state index in [0.717, 1.165) is 19.3 Å². The third kappa shape index (κ3) is 4.78. The van der Waals surface area contributed by atoms with Crippen LogP contribution in [0, 0.1) is 12.3 Å². The van der Waals surface area contributed by atoms with Gasteiger partial charge in [0.1, 0.15) is 11.4 Å². The van der Waals surface area contributed by atoms with Crippen molar-refractivity contribution in [1.29, 1.82) is 0 Å². The van der Waals surface area contributed by atoms with E-state index in [2.05, 4.69) is 69.5 Å². The predicted octanol–water partition coefficient (Wildman–Crippen LogP) is 4.83. The van der Waals surface area contributed by atoms with Gasteiger partial charge < -0.3 is 10.4 Å². The fourth-order valence-corrected chi connectivity index (χ4v) is 3.31. The molecule has 2 heterocycles. The molecule has 0 spiro atoms. The number of carboxylic acid groups (broad SMARTS) is 1. The summed E-state index contributed by atoms with van der Waals surface area (Å²) in [6.45, 7) is 12.2. The molecule has 1 aliphatic rings. The molecule has 1 aromatic heterocycles. The lowest BCUT2D eigenvalue weighted by Crippen LogP contribution is -2.43. The molecule has 0 saturated heterocycles. The first-order valence-corrected chi connectivity index (χ1v) is 9.06. The van der Waals surface area contributed by atoms with E-state index >= 15 is 0 Å². The van der Waals surface area contributed by atoms with Gasteiger partial charge >= 0.3 is 5.97 Å². The second kappa shape index (κ2) is 9.28. The molecule has 0 fully saturated rings. The van der Waals surface area contributed by atoms with Crippen LogP contribution in [-0.2, 0) is 5.54 Å². The number of aromatic nitrogens is 2. The highest BCUT2D eigenvalue weighted by molar-refractivity contribution is 5.93. The number of rotatable bonds is 5. The number of hydrogen-bond donors (Lipinski definition) is 2. The van der Waals surface area contributed by atoms with E-state index in [-0.39, 0.29) is 17.1 Å². The van der Waals surface area contributed by atoms with Crippen LogP contribution in [-0.4, -0.2) is 26.9 Å². The van der Waals surface area contributed by atoms with Crippen LogP contribution in [0.2, 0.25) is 0 Å². The van der Waals surface area contributed by atoms with Gasteiger partial charge in [-0.3, -0.25) is 0 Å². The second-order valence-corrected chi connectivity index (χ2v) is 6.99. The summed E-state index contributed by atoms with van der Waals surface area (Å²) in [5.41, 5.74) is 2.51. The number of nitrogens with one attached hydrogen (secondary N) is 1. The molecule has 142 valence electrons. The highest BCUT2D eigenvalue weighted by atomic mass is 16.4. The minimum Gasteiger partial charge on any atom is -0.477 e. The van der Waals surface area contributed by atoms with Crippen molar-refractivity contribution in [3.05, 3.63) is 35.1 Å². The maximum absolute atomic E-state index is 11.5. The van der Waals surface area contributed by atoms with Crippen LogP contribution >= 0.6 is 0 Å². The van der Waals surface area contributed by atoms with Crippen LogP contribution in [0.3, 0.4) is 0 Å². The van der Waals surface area contributed by atoms with Gasteiger partial charge in [0.25, 0.3) is 0 Å². The Balaban J connectivity index is 0.00000105. The molecule has 1 aliphatic heterocycles. The van der Waals surface area contributed by atoms with E-state index in [1.54, 1.807) is 11.6 Å². The topological polar surface area (TPSA) is 67.2 Å². The molecule has 0 bridgehead atoms. The summed E-state index contributed by atoms with van der Waals surface area (Å²) in [4.78, 5) is 11.5. The van der Waals surface area contributed by atoms with Gasteiger partial charge in [0.15, 0.2) is 0 Å². The fraction of sp³-hybridized carbons (Fsp3) is 0.524. The van der Waals surface area contributed by atoms with Gasteiger partial charge in [0.05, 0.1) is 17.8 Å². The minimum absolute atomic E-state index is 0.0926. The zero-order chi connectivity index (χ0) is 19.9. The number of nitrogens with zero attached hydrogens (tertiary/aromatic N) is 2. The number of fused-ring (bicyclic) bond motifs is 1. The summed E-state index contributed by atoms with van der Waals surface area (Å²) in [7, 11) is 0. The second-order valence-electron chi connectivity index (χ2n) is 6.99. The minimum atomic E-state index is -0.947. The first-order valence-electron chi connectivity index (χ1n) is 9.06. The highest BCUT2D eigenvalue weighted by Crippen LogP contribution is 2.37. The molecule has 0 saturated carbocycles. The Kier molecular flexibility index (Phi) is 7.70. The number of anilines is 1. The molecular weight excluding hydrogens is 326 g/mol. The van der Waals surface area contributed by atoms with E-state index in [9.17, 15) is 9.90 Å². The van der Waals surface area contributed by atoms with Crippen molar-refractivity contribution in [1.82, 2.24) is 9.78 Å². The summed E-state index contributed by atoms with van der Waals surface area (Å²) < 4.78 is 1.80. The van der Waals surface area contributed by atoms with E-state index in [0.29, 0.717) is 5.82 Å². The molecule has 5 nitrogen and oxygen atoms in total. The van der Waals surface area contributed by atoms with Crippen molar-refractivity contribution in [2.75, 3.05) is 5.32 Å². The highest BCUT2D eigenvalue weighted by Gasteiger charge is 2.37. The van der Waals surface area contributed by atoms with Gasteiger partial charge in [-0.15, -0.1) is 12.3 Å². The fourth-order valence-electron chi connectivity index (χ4n) is 3.31. The van der Waals surface area contributed by atoms with E-state index < -0.39 is 5.97 Å².